The summed E-state index contributed by atoms with van der Waals surface area (Å²) >= 11 is 0. The Kier molecular flexibility index (Phi) is 6.62. The smallest absolute Gasteiger partial charge is 0.224 e. The van der Waals surface area contributed by atoms with Crippen molar-refractivity contribution in [3.8, 4) is 22.6 Å². The Bertz CT molecular complexity index is 1640. The van der Waals surface area contributed by atoms with Crippen molar-refractivity contribution in [3.05, 3.63) is 49.1 Å². The van der Waals surface area contributed by atoms with E-state index in [0.29, 0.717) is 23.6 Å². The van der Waals surface area contributed by atoms with E-state index < -0.39 is 0 Å². The molecule has 0 saturated heterocycles. The molecule has 0 radical (unpaired) electrons. The van der Waals surface area contributed by atoms with Gasteiger partial charge in [0.15, 0.2) is 5.82 Å². The molecule has 38 heavy (non-hydrogen) atoms. The zero-order chi connectivity index (χ0) is 26.9. The highest BCUT2D eigenvalue weighted by Crippen LogP contribution is 2.32. The maximum Gasteiger partial charge on any atom is 0.224 e. The SMILES string of the molecule is CCCC(=O)Nc1cncc(-c2ccc3[nH]nc(-c4nc5c(N(C)C=NC(C)(C)C)cncc5[nH]4)c3c2)c1. The van der Waals surface area contributed by atoms with E-state index in [2.05, 4.69) is 62.3 Å². The van der Waals surface area contributed by atoms with Crippen LogP contribution in [-0.2, 0) is 4.79 Å². The van der Waals surface area contributed by atoms with Crippen molar-refractivity contribution in [1.82, 2.24) is 30.1 Å². The standard InChI is InChI=1S/C28H31N9O/c1-6-7-24(38)32-19-10-18(12-29-13-19)17-8-9-21-20(11-17)25(36-35-21)27-33-22-14-30-15-23(26(22)34-27)37(5)16-31-28(2,3)4/h8-16H,6-7H2,1-5H3,(H,32,38)(H,33,34)(H,35,36). The van der Waals surface area contributed by atoms with Crippen LogP contribution in [-0.4, -0.2) is 55.0 Å². The van der Waals surface area contributed by atoms with Crippen molar-refractivity contribution >= 4 is 45.6 Å². The fraction of sp³-hybridized carbons (Fsp3) is 0.286. The van der Waals surface area contributed by atoms with Crippen molar-refractivity contribution in [1.29, 1.82) is 0 Å². The molecule has 0 saturated carbocycles. The Morgan fingerprint density at radius 2 is 1.89 bits per heavy atom. The van der Waals surface area contributed by atoms with Crippen molar-refractivity contribution in [2.45, 2.75) is 46.1 Å². The number of anilines is 2. The molecule has 0 atom stereocenters. The maximum absolute atomic E-state index is 12.0. The Hall–Kier alpha value is -4.60. The van der Waals surface area contributed by atoms with Crippen LogP contribution in [0.3, 0.4) is 0 Å². The highest BCUT2D eigenvalue weighted by atomic mass is 16.1. The number of hydrogen-bond acceptors (Lipinski definition) is 6. The average Bonchev–Trinajstić information content (AvgIpc) is 3.50. The van der Waals surface area contributed by atoms with Gasteiger partial charge in [-0.2, -0.15) is 5.10 Å². The summed E-state index contributed by atoms with van der Waals surface area (Å²) in [4.78, 5) is 35.6. The first-order valence-corrected chi connectivity index (χ1v) is 12.6. The van der Waals surface area contributed by atoms with Gasteiger partial charge in [-0.1, -0.05) is 13.0 Å². The van der Waals surface area contributed by atoms with Gasteiger partial charge in [0.05, 0.1) is 52.9 Å². The Morgan fingerprint density at radius 3 is 2.68 bits per heavy atom. The van der Waals surface area contributed by atoms with Crippen LogP contribution in [0.1, 0.15) is 40.5 Å². The molecule has 10 nitrogen and oxygen atoms in total. The quantitative estimate of drug-likeness (QED) is 0.195. The third-order valence-corrected chi connectivity index (χ3v) is 5.99. The van der Waals surface area contributed by atoms with E-state index >= 15 is 0 Å². The summed E-state index contributed by atoms with van der Waals surface area (Å²) in [5.74, 6) is 0.616. The average molecular weight is 510 g/mol. The van der Waals surface area contributed by atoms with Gasteiger partial charge in [-0.05, 0) is 51.0 Å². The van der Waals surface area contributed by atoms with E-state index in [1.807, 2.05) is 37.1 Å². The number of pyridine rings is 2. The van der Waals surface area contributed by atoms with Gasteiger partial charge in [-0.15, -0.1) is 0 Å². The molecule has 4 aromatic heterocycles. The summed E-state index contributed by atoms with van der Waals surface area (Å²) in [6, 6.07) is 7.96. The number of fused-ring (bicyclic) bond motifs is 2. The topological polar surface area (TPSA) is 128 Å². The zero-order valence-electron chi connectivity index (χ0n) is 22.2. The predicted molar refractivity (Wildman–Crippen MR) is 152 cm³/mol. The second kappa shape index (κ2) is 10.0. The lowest BCUT2D eigenvalue weighted by molar-refractivity contribution is -0.116. The van der Waals surface area contributed by atoms with Gasteiger partial charge < -0.3 is 15.2 Å². The third kappa shape index (κ3) is 5.24. The van der Waals surface area contributed by atoms with Crippen LogP contribution in [0.5, 0.6) is 0 Å². The number of aromatic amines is 2. The minimum absolute atomic E-state index is 0.0203. The molecule has 5 rings (SSSR count). The number of nitrogens with zero attached hydrogens (tertiary/aromatic N) is 6. The number of aliphatic imine (C=N–C) groups is 1. The lowest BCUT2D eigenvalue weighted by Gasteiger charge is -2.17. The molecular formula is C28H31N9O. The maximum atomic E-state index is 12.0. The van der Waals surface area contributed by atoms with Crippen molar-refractivity contribution in [2.75, 3.05) is 17.3 Å². The van der Waals surface area contributed by atoms with Gasteiger partial charge in [0.1, 0.15) is 11.2 Å². The molecule has 0 aliphatic rings. The Labute approximate surface area is 220 Å². The van der Waals surface area contributed by atoms with E-state index in [9.17, 15) is 4.79 Å². The van der Waals surface area contributed by atoms with Crippen LogP contribution in [0, 0.1) is 0 Å². The van der Waals surface area contributed by atoms with E-state index in [-0.39, 0.29) is 11.4 Å². The molecule has 1 amide bonds. The molecule has 3 N–H and O–H groups in total. The molecule has 0 fully saturated rings. The summed E-state index contributed by atoms with van der Waals surface area (Å²) in [7, 11) is 1.93. The number of amides is 1. The fourth-order valence-corrected chi connectivity index (χ4v) is 4.10. The molecule has 0 bridgehead atoms. The summed E-state index contributed by atoms with van der Waals surface area (Å²) in [5, 5.41) is 11.5. The fourth-order valence-electron chi connectivity index (χ4n) is 4.10. The monoisotopic (exact) mass is 509 g/mol. The van der Waals surface area contributed by atoms with Crippen molar-refractivity contribution < 1.29 is 4.79 Å². The Morgan fingerprint density at radius 1 is 1.08 bits per heavy atom. The largest absolute Gasteiger partial charge is 0.335 e. The third-order valence-electron chi connectivity index (χ3n) is 5.99. The van der Waals surface area contributed by atoms with Gasteiger partial charge in [-0.3, -0.25) is 24.9 Å². The van der Waals surface area contributed by atoms with Gasteiger partial charge in [-0.25, -0.2) is 4.98 Å². The van der Waals surface area contributed by atoms with Crippen LogP contribution in [0.4, 0.5) is 11.4 Å². The number of carbonyl (C=O) groups is 1. The number of H-pyrrole nitrogens is 2. The van der Waals surface area contributed by atoms with E-state index in [0.717, 1.165) is 45.2 Å². The molecule has 1 aromatic carbocycles. The van der Waals surface area contributed by atoms with Crippen molar-refractivity contribution in [2.24, 2.45) is 4.99 Å². The summed E-state index contributed by atoms with van der Waals surface area (Å²) < 4.78 is 0. The Balaban J connectivity index is 1.51. The second-order valence-corrected chi connectivity index (χ2v) is 10.3. The van der Waals surface area contributed by atoms with Crippen molar-refractivity contribution in [3.63, 3.8) is 0 Å². The van der Waals surface area contributed by atoms with E-state index in [4.69, 9.17) is 4.98 Å². The molecule has 10 heteroatoms. The predicted octanol–water partition coefficient (Wildman–Crippen LogP) is 5.56. The lowest BCUT2D eigenvalue weighted by atomic mass is 10.0. The first kappa shape index (κ1) is 25.1. The van der Waals surface area contributed by atoms with Gasteiger partial charge in [0, 0.05) is 30.6 Å². The highest BCUT2D eigenvalue weighted by molar-refractivity contribution is 5.99. The minimum atomic E-state index is -0.186. The molecule has 4 heterocycles. The van der Waals surface area contributed by atoms with Crippen LogP contribution in [0.2, 0.25) is 0 Å². The summed E-state index contributed by atoms with van der Waals surface area (Å²) in [6.07, 6.45) is 10.0. The van der Waals surface area contributed by atoms with Crippen LogP contribution < -0.4 is 10.2 Å². The molecule has 0 spiro atoms. The normalized spacial score (nSPS) is 12.0. The molecule has 0 aliphatic heterocycles. The number of imidazole rings is 1. The number of aromatic nitrogens is 6. The highest BCUT2D eigenvalue weighted by Gasteiger charge is 2.17. The number of benzene rings is 1. The van der Waals surface area contributed by atoms with E-state index in [1.54, 1.807) is 31.1 Å². The number of hydrogen-bond donors (Lipinski definition) is 3. The van der Waals surface area contributed by atoms with Crippen LogP contribution >= 0.6 is 0 Å². The number of carbonyl (C=O) groups excluding carboxylic acids is 1. The molecule has 5 aromatic rings. The van der Waals surface area contributed by atoms with E-state index in [1.165, 1.54) is 0 Å². The molecule has 0 unspecified atom stereocenters. The zero-order valence-corrected chi connectivity index (χ0v) is 22.2. The van der Waals surface area contributed by atoms with Gasteiger partial charge in [0.25, 0.3) is 0 Å². The van der Waals surface area contributed by atoms with Gasteiger partial charge >= 0.3 is 0 Å². The summed E-state index contributed by atoms with van der Waals surface area (Å²) in [5.41, 5.74) is 6.35. The van der Waals surface area contributed by atoms with Crippen LogP contribution in [0.25, 0.3) is 44.6 Å². The number of rotatable bonds is 7. The van der Waals surface area contributed by atoms with Crippen LogP contribution in [0.15, 0.2) is 54.0 Å². The van der Waals surface area contributed by atoms with Gasteiger partial charge in [0.2, 0.25) is 5.91 Å². The first-order chi connectivity index (χ1) is 18.2. The lowest BCUT2D eigenvalue weighted by Crippen LogP contribution is -2.19. The molecule has 194 valence electrons. The molecule has 0 aliphatic carbocycles. The number of nitrogens with one attached hydrogen (secondary N) is 3. The summed E-state index contributed by atoms with van der Waals surface area (Å²) in [6.45, 7) is 8.13. The first-order valence-electron chi connectivity index (χ1n) is 12.6. The molecular weight excluding hydrogens is 478 g/mol. The minimum Gasteiger partial charge on any atom is -0.335 e. The second-order valence-electron chi connectivity index (χ2n) is 10.3.